The minimum atomic E-state index is -4.86. The van der Waals surface area contributed by atoms with Crippen molar-refractivity contribution >= 4 is 11.9 Å². The van der Waals surface area contributed by atoms with E-state index in [9.17, 15) is 22.8 Å². The van der Waals surface area contributed by atoms with Crippen LogP contribution >= 0.6 is 0 Å². The third kappa shape index (κ3) is 4.91. The summed E-state index contributed by atoms with van der Waals surface area (Å²) < 4.78 is 41.0. The van der Waals surface area contributed by atoms with Crippen LogP contribution in [0.25, 0.3) is 0 Å². The van der Waals surface area contributed by atoms with Crippen molar-refractivity contribution < 1.29 is 32.6 Å². The van der Waals surface area contributed by atoms with E-state index in [2.05, 4.69) is 0 Å². The molecule has 0 aromatic heterocycles. The van der Waals surface area contributed by atoms with Crippen molar-refractivity contribution in [3.05, 3.63) is 0 Å². The van der Waals surface area contributed by atoms with Gasteiger partial charge in [-0.25, -0.2) is 4.79 Å². The Morgan fingerprint density at radius 1 is 1.22 bits per heavy atom. The molecule has 1 amide bonds. The third-order valence-electron chi connectivity index (χ3n) is 2.71. The molecule has 1 rings (SSSR count). The number of carbonyl (C=O) groups is 2. The fourth-order valence-electron chi connectivity index (χ4n) is 1.83. The molecule has 0 unspecified atom stereocenters. The van der Waals surface area contributed by atoms with Gasteiger partial charge in [-0.1, -0.05) is 0 Å². The number of hydrogen-bond donors (Lipinski definition) is 2. The molecule has 2 N–H and O–H groups in total. The van der Waals surface area contributed by atoms with Crippen molar-refractivity contribution in [3.8, 4) is 0 Å². The third-order valence-corrected chi connectivity index (χ3v) is 2.71. The van der Waals surface area contributed by atoms with Gasteiger partial charge in [0.1, 0.15) is 6.61 Å². The zero-order valence-corrected chi connectivity index (χ0v) is 9.50. The number of alkyl halides is 3. The standard InChI is InChI=1S/C10H14F3NO4/c11-10(12,13)9(17)14-6-1-3-7(4-2-6)18-5-8(15)16/h6-7H,1-5H2,(H,14,17)(H,15,16). The van der Waals surface area contributed by atoms with Crippen molar-refractivity contribution in [1.29, 1.82) is 0 Å². The normalized spacial score (nSPS) is 24.6. The van der Waals surface area contributed by atoms with Crippen LogP contribution in [0.3, 0.4) is 0 Å². The lowest BCUT2D eigenvalue weighted by molar-refractivity contribution is -0.174. The second-order valence-corrected chi connectivity index (χ2v) is 4.15. The maximum atomic E-state index is 12.0. The Kier molecular flexibility index (Phi) is 4.94. The first kappa shape index (κ1) is 14.7. The highest BCUT2D eigenvalue weighted by Crippen LogP contribution is 2.23. The predicted molar refractivity (Wildman–Crippen MR) is 53.8 cm³/mol. The topological polar surface area (TPSA) is 75.6 Å². The van der Waals surface area contributed by atoms with Crippen LogP contribution in [0.5, 0.6) is 0 Å². The van der Waals surface area contributed by atoms with Crippen LogP contribution in [-0.4, -0.2) is 41.9 Å². The molecular weight excluding hydrogens is 255 g/mol. The molecule has 1 aliphatic carbocycles. The van der Waals surface area contributed by atoms with Crippen LogP contribution in [0, 0.1) is 0 Å². The predicted octanol–water partition coefficient (Wildman–Crippen LogP) is 1.08. The average Bonchev–Trinajstić information content (AvgIpc) is 2.26. The highest BCUT2D eigenvalue weighted by atomic mass is 19.4. The number of halogens is 3. The Hall–Kier alpha value is -1.31. The van der Waals surface area contributed by atoms with Crippen LogP contribution < -0.4 is 5.32 Å². The lowest BCUT2D eigenvalue weighted by Gasteiger charge is -2.28. The van der Waals surface area contributed by atoms with Crippen LogP contribution in [0.1, 0.15) is 25.7 Å². The SMILES string of the molecule is O=C(O)COC1CCC(NC(=O)C(F)(F)F)CC1. The number of aliphatic carboxylic acids is 1. The summed E-state index contributed by atoms with van der Waals surface area (Å²) in [6.07, 6.45) is -3.54. The van der Waals surface area contributed by atoms with Crippen LogP contribution in [0.2, 0.25) is 0 Å². The molecule has 0 saturated heterocycles. The number of carbonyl (C=O) groups excluding carboxylic acids is 1. The van der Waals surface area contributed by atoms with E-state index in [-0.39, 0.29) is 6.10 Å². The second-order valence-electron chi connectivity index (χ2n) is 4.15. The molecule has 0 aromatic carbocycles. The van der Waals surface area contributed by atoms with E-state index in [0.29, 0.717) is 25.7 Å². The van der Waals surface area contributed by atoms with Gasteiger partial charge in [-0.3, -0.25) is 4.79 Å². The Bertz CT molecular complexity index is 311. The maximum absolute atomic E-state index is 12.0. The molecule has 1 saturated carbocycles. The van der Waals surface area contributed by atoms with Crippen molar-refractivity contribution in [3.63, 3.8) is 0 Å². The Morgan fingerprint density at radius 3 is 2.22 bits per heavy atom. The Labute approximate surface area is 101 Å². The first-order valence-corrected chi connectivity index (χ1v) is 5.50. The maximum Gasteiger partial charge on any atom is 0.471 e. The summed E-state index contributed by atoms with van der Waals surface area (Å²) in [5.74, 6) is -3.01. The zero-order valence-electron chi connectivity index (χ0n) is 9.50. The average molecular weight is 269 g/mol. The van der Waals surface area contributed by atoms with Gasteiger partial charge >= 0.3 is 18.1 Å². The molecule has 1 fully saturated rings. The summed E-state index contributed by atoms with van der Waals surface area (Å²) in [6, 6.07) is -0.524. The molecule has 8 heteroatoms. The molecule has 5 nitrogen and oxygen atoms in total. The summed E-state index contributed by atoms with van der Waals surface area (Å²) in [7, 11) is 0. The first-order chi connectivity index (χ1) is 8.29. The van der Waals surface area contributed by atoms with Crippen LogP contribution in [0.15, 0.2) is 0 Å². The van der Waals surface area contributed by atoms with E-state index in [1.807, 2.05) is 5.32 Å². The molecule has 104 valence electrons. The van der Waals surface area contributed by atoms with Crippen LogP contribution in [0.4, 0.5) is 13.2 Å². The van der Waals surface area contributed by atoms with Gasteiger partial charge in [0.15, 0.2) is 0 Å². The molecule has 0 atom stereocenters. The van der Waals surface area contributed by atoms with Gasteiger partial charge in [0.05, 0.1) is 6.10 Å². The summed E-state index contributed by atoms with van der Waals surface area (Å²) in [5, 5.41) is 10.3. The van der Waals surface area contributed by atoms with Gasteiger partial charge in [-0.15, -0.1) is 0 Å². The number of carboxylic acid groups (broad SMARTS) is 1. The highest BCUT2D eigenvalue weighted by Gasteiger charge is 2.40. The first-order valence-electron chi connectivity index (χ1n) is 5.50. The molecule has 0 radical (unpaired) electrons. The van der Waals surface area contributed by atoms with Gasteiger partial charge in [0.2, 0.25) is 0 Å². The van der Waals surface area contributed by atoms with E-state index >= 15 is 0 Å². The van der Waals surface area contributed by atoms with Gasteiger partial charge in [0, 0.05) is 6.04 Å². The second kappa shape index (κ2) is 6.03. The van der Waals surface area contributed by atoms with Crippen molar-refractivity contribution in [2.75, 3.05) is 6.61 Å². The van der Waals surface area contributed by atoms with Crippen molar-refractivity contribution in [1.82, 2.24) is 5.32 Å². The minimum Gasteiger partial charge on any atom is -0.480 e. The van der Waals surface area contributed by atoms with Crippen molar-refractivity contribution in [2.24, 2.45) is 0 Å². The van der Waals surface area contributed by atoms with Gasteiger partial charge < -0.3 is 15.2 Å². The van der Waals surface area contributed by atoms with Crippen LogP contribution in [-0.2, 0) is 14.3 Å². The van der Waals surface area contributed by atoms with Crippen molar-refractivity contribution in [2.45, 2.75) is 44.0 Å². The summed E-state index contributed by atoms with van der Waals surface area (Å²) in [5.41, 5.74) is 0. The summed E-state index contributed by atoms with van der Waals surface area (Å²) >= 11 is 0. The molecule has 0 aliphatic heterocycles. The molecule has 0 bridgehead atoms. The Balaban J connectivity index is 2.27. The monoisotopic (exact) mass is 269 g/mol. The summed E-state index contributed by atoms with van der Waals surface area (Å²) in [6.45, 7) is -0.412. The van der Waals surface area contributed by atoms with E-state index < -0.39 is 30.7 Å². The van der Waals surface area contributed by atoms with E-state index in [1.165, 1.54) is 0 Å². The number of nitrogens with one attached hydrogen (secondary N) is 1. The molecule has 0 spiro atoms. The molecule has 18 heavy (non-hydrogen) atoms. The van der Waals surface area contributed by atoms with E-state index in [4.69, 9.17) is 9.84 Å². The lowest BCUT2D eigenvalue weighted by atomic mass is 9.93. The number of hydrogen-bond acceptors (Lipinski definition) is 3. The molecule has 0 heterocycles. The highest BCUT2D eigenvalue weighted by molar-refractivity contribution is 5.81. The number of carboxylic acids is 1. The summed E-state index contributed by atoms with van der Waals surface area (Å²) in [4.78, 5) is 20.9. The quantitative estimate of drug-likeness (QED) is 0.800. The number of rotatable bonds is 4. The largest absolute Gasteiger partial charge is 0.480 e. The zero-order chi connectivity index (χ0) is 13.8. The van der Waals surface area contributed by atoms with E-state index in [1.54, 1.807) is 0 Å². The fourth-order valence-corrected chi connectivity index (χ4v) is 1.83. The van der Waals surface area contributed by atoms with Gasteiger partial charge in [0.25, 0.3) is 0 Å². The molecular formula is C10H14F3NO4. The minimum absolute atomic E-state index is 0.264. The number of ether oxygens (including phenoxy) is 1. The van der Waals surface area contributed by atoms with E-state index in [0.717, 1.165) is 0 Å². The lowest BCUT2D eigenvalue weighted by Crippen LogP contribution is -2.45. The molecule has 1 aliphatic rings. The molecule has 0 aromatic rings. The van der Waals surface area contributed by atoms with Gasteiger partial charge in [-0.2, -0.15) is 13.2 Å². The smallest absolute Gasteiger partial charge is 0.471 e. The number of amides is 1. The van der Waals surface area contributed by atoms with Gasteiger partial charge in [-0.05, 0) is 25.7 Å². The Morgan fingerprint density at radius 2 is 1.78 bits per heavy atom. The fraction of sp³-hybridized carbons (Fsp3) is 0.800.